The summed E-state index contributed by atoms with van der Waals surface area (Å²) in [6.07, 6.45) is 1.15. The van der Waals surface area contributed by atoms with E-state index in [0.717, 1.165) is 50.6 Å². The average Bonchev–Trinajstić information content (AvgIpc) is 2.39. The van der Waals surface area contributed by atoms with E-state index in [2.05, 4.69) is 30.1 Å². The van der Waals surface area contributed by atoms with E-state index in [1.54, 1.807) is 0 Å². The number of ether oxygens (including phenoxy) is 1. The maximum absolute atomic E-state index is 5.87. The minimum Gasteiger partial charge on any atom is -0.399 e. The number of nitrogens with zero attached hydrogens (tertiary/aromatic N) is 1. The van der Waals surface area contributed by atoms with Crippen molar-refractivity contribution < 1.29 is 4.74 Å². The first-order valence-corrected chi connectivity index (χ1v) is 7.12. The fourth-order valence-corrected chi connectivity index (χ4v) is 2.62. The molecule has 1 aliphatic rings. The molecule has 1 aliphatic heterocycles. The molecule has 1 saturated heterocycles. The standard InChI is InChI=1S/C15H25N3O/c1-3-15(18-4-6-19-7-5-18)11-17-14-9-12(2)8-13(16)10-14/h8-10,15,17H,3-7,11,16H2,1-2H3. The topological polar surface area (TPSA) is 50.5 Å². The van der Waals surface area contributed by atoms with E-state index in [1.165, 1.54) is 5.56 Å². The van der Waals surface area contributed by atoms with Gasteiger partial charge in [-0.3, -0.25) is 4.90 Å². The first-order valence-electron chi connectivity index (χ1n) is 7.12. The molecule has 1 atom stereocenters. The van der Waals surface area contributed by atoms with Gasteiger partial charge in [0.05, 0.1) is 13.2 Å². The molecule has 0 saturated carbocycles. The highest BCUT2D eigenvalue weighted by Crippen LogP contribution is 2.17. The van der Waals surface area contributed by atoms with Gasteiger partial charge in [-0.1, -0.05) is 6.92 Å². The SMILES string of the molecule is CCC(CNc1cc(C)cc(N)c1)N1CCOCC1. The Balaban J connectivity index is 1.91. The summed E-state index contributed by atoms with van der Waals surface area (Å²) in [5.74, 6) is 0. The van der Waals surface area contributed by atoms with Crippen LogP contribution in [0.4, 0.5) is 11.4 Å². The first-order chi connectivity index (χ1) is 9.19. The number of nitrogens with one attached hydrogen (secondary N) is 1. The second-order valence-electron chi connectivity index (χ2n) is 5.22. The van der Waals surface area contributed by atoms with E-state index in [1.807, 2.05) is 12.1 Å². The van der Waals surface area contributed by atoms with Crippen molar-refractivity contribution in [1.29, 1.82) is 0 Å². The molecule has 1 heterocycles. The summed E-state index contributed by atoms with van der Waals surface area (Å²) in [6, 6.07) is 6.69. The van der Waals surface area contributed by atoms with Gasteiger partial charge in [0.15, 0.2) is 0 Å². The fraction of sp³-hybridized carbons (Fsp3) is 0.600. The minimum absolute atomic E-state index is 0.561. The number of aryl methyl sites for hydroxylation is 1. The third-order valence-corrected chi connectivity index (χ3v) is 3.67. The molecule has 19 heavy (non-hydrogen) atoms. The van der Waals surface area contributed by atoms with Crippen molar-refractivity contribution in [3.8, 4) is 0 Å². The Labute approximate surface area is 115 Å². The van der Waals surface area contributed by atoms with Crippen molar-refractivity contribution in [3.63, 3.8) is 0 Å². The van der Waals surface area contributed by atoms with E-state index < -0.39 is 0 Å². The van der Waals surface area contributed by atoms with Crippen LogP contribution in [0, 0.1) is 6.92 Å². The Kier molecular flexibility index (Phi) is 5.05. The van der Waals surface area contributed by atoms with Crippen LogP contribution in [0.2, 0.25) is 0 Å². The number of anilines is 2. The van der Waals surface area contributed by atoms with Crippen LogP contribution >= 0.6 is 0 Å². The maximum Gasteiger partial charge on any atom is 0.0594 e. The largest absolute Gasteiger partial charge is 0.399 e. The van der Waals surface area contributed by atoms with Crippen molar-refractivity contribution in [2.45, 2.75) is 26.3 Å². The number of hydrogen-bond donors (Lipinski definition) is 2. The molecule has 4 nitrogen and oxygen atoms in total. The molecular formula is C15H25N3O. The first kappa shape index (κ1) is 14.2. The number of nitrogen functional groups attached to an aromatic ring is 1. The van der Waals surface area contributed by atoms with Crippen LogP contribution < -0.4 is 11.1 Å². The van der Waals surface area contributed by atoms with Gasteiger partial charge in [0, 0.05) is 37.1 Å². The lowest BCUT2D eigenvalue weighted by molar-refractivity contribution is 0.0184. The average molecular weight is 263 g/mol. The van der Waals surface area contributed by atoms with E-state index in [4.69, 9.17) is 10.5 Å². The van der Waals surface area contributed by atoms with Crippen molar-refractivity contribution in [1.82, 2.24) is 4.90 Å². The summed E-state index contributed by atoms with van der Waals surface area (Å²) in [7, 11) is 0. The molecule has 0 bridgehead atoms. The second-order valence-corrected chi connectivity index (χ2v) is 5.22. The predicted octanol–water partition coefficient (Wildman–Crippen LogP) is 2.10. The van der Waals surface area contributed by atoms with Crippen molar-refractivity contribution in [3.05, 3.63) is 23.8 Å². The van der Waals surface area contributed by atoms with Crippen molar-refractivity contribution in [2.24, 2.45) is 0 Å². The summed E-state index contributed by atoms with van der Waals surface area (Å²) >= 11 is 0. The van der Waals surface area contributed by atoms with Crippen LogP contribution in [0.15, 0.2) is 18.2 Å². The molecule has 0 amide bonds. The summed E-state index contributed by atoms with van der Waals surface area (Å²) in [4.78, 5) is 2.51. The van der Waals surface area contributed by atoms with E-state index in [9.17, 15) is 0 Å². The number of nitrogens with two attached hydrogens (primary N) is 1. The van der Waals surface area contributed by atoms with Crippen LogP contribution in [0.25, 0.3) is 0 Å². The van der Waals surface area contributed by atoms with Gasteiger partial charge in [0.2, 0.25) is 0 Å². The highest BCUT2D eigenvalue weighted by Gasteiger charge is 2.19. The predicted molar refractivity (Wildman–Crippen MR) is 80.6 cm³/mol. The van der Waals surface area contributed by atoms with Crippen LogP contribution in [0.5, 0.6) is 0 Å². The lowest BCUT2D eigenvalue weighted by Gasteiger charge is -2.34. The lowest BCUT2D eigenvalue weighted by Crippen LogP contribution is -2.46. The molecular weight excluding hydrogens is 238 g/mol. The van der Waals surface area contributed by atoms with Gasteiger partial charge < -0.3 is 15.8 Å². The molecule has 0 aliphatic carbocycles. The summed E-state index contributed by atoms with van der Waals surface area (Å²) in [5, 5.41) is 3.51. The normalized spacial score (nSPS) is 18.2. The van der Waals surface area contributed by atoms with Crippen molar-refractivity contribution in [2.75, 3.05) is 43.9 Å². The molecule has 0 aromatic heterocycles. The third-order valence-electron chi connectivity index (χ3n) is 3.67. The lowest BCUT2D eigenvalue weighted by atomic mass is 10.1. The third kappa shape index (κ3) is 4.11. The fourth-order valence-electron chi connectivity index (χ4n) is 2.62. The van der Waals surface area contributed by atoms with Gasteiger partial charge in [-0.05, 0) is 37.1 Å². The number of morpholine rings is 1. The minimum atomic E-state index is 0.561. The Morgan fingerprint density at radius 2 is 2.05 bits per heavy atom. The van der Waals surface area contributed by atoms with Crippen LogP contribution in [0.1, 0.15) is 18.9 Å². The van der Waals surface area contributed by atoms with Gasteiger partial charge >= 0.3 is 0 Å². The quantitative estimate of drug-likeness (QED) is 0.799. The van der Waals surface area contributed by atoms with Gasteiger partial charge in [0.1, 0.15) is 0 Å². The smallest absolute Gasteiger partial charge is 0.0594 e. The monoisotopic (exact) mass is 263 g/mol. The van der Waals surface area contributed by atoms with Gasteiger partial charge in [-0.25, -0.2) is 0 Å². The summed E-state index contributed by atoms with van der Waals surface area (Å²) < 4.78 is 5.41. The molecule has 1 unspecified atom stereocenters. The molecule has 2 rings (SSSR count). The zero-order valence-electron chi connectivity index (χ0n) is 12.0. The van der Waals surface area contributed by atoms with Crippen molar-refractivity contribution >= 4 is 11.4 Å². The zero-order valence-corrected chi connectivity index (χ0v) is 12.0. The zero-order chi connectivity index (χ0) is 13.7. The molecule has 106 valence electrons. The van der Waals surface area contributed by atoms with E-state index in [0.29, 0.717) is 6.04 Å². The molecule has 0 spiro atoms. The molecule has 4 heteroatoms. The Morgan fingerprint density at radius 1 is 1.32 bits per heavy atom. The Morgan fingerprint density at radius 3 is 2.68 bits per heavy atom. The van der Waals surface area contributed by atoms with Gasteiger partial charge in [0.25, 0.3) is 0 Å². The van der Waals surface area contributed by atoms with Crippen LogP contribution in [-0.4, -0.2) is 43.8 Å². The molecule has 0 radical (unpaired) electrons. The van der Waals surface area contributed by atoms with Gasteiger partial charge in [-0.2, -0.15) is 0 Å². The molecule has 1 aromatic carbocycles. The van der Waals surface area contributed by atoms with E-state index >= 15 is 0 Å². The molecule has 1 aromatic rings. The number of rotatable bonds is 5. The maximum atomic E-state index is 5.87. The van der Waals surface area contributed by atoms with Crippen LogP contribution in [-0.2, 0) is 4.74 Å². The van der Waals surface area contributed by atoms with Crippen LogP contribution in [0.3, 0.4) is 0 Å². The Bertz CT molecular complexity index is 382. The van der Waals surface area contributed by atoms with Gasteiger partial charge in [-0.15, -0.1) is 0 Å². The number of benzene rings is 1. The summed E-state index contributed by atoms with van der Waals surface area (Å²) in [6.45, 7) is 9.06. The molecule has 3 N–H and O–H groups in total. The highest BCUT2D eigenvalue weighted by atomic mass is 16.5. The highest BCUT2D eigenvalue weighted by molar-refractivity contribution is 5.56. The second kappa shape index (κ2) is 6.78. The van der Waals surface area contributed by atoms with E-state index in [-0.39, 0.29) is 0 Å². The number of hydrogen-bond acceptors (Lipinski definition) is 4. The summed E-state index contributed by atoms with van der Waals surface area (Å²) in [5.41, 5.74) is 9.01. The molecule has 1 fully saturated rings. The Hall–Kier alpha value is -1.26.